The lowest BCUT2D eigenvalue weighted by molar-refractivity contribution is -0.121. The normalized spacial score (nSPS) is 11.3. The third kappa shape index (κ3) is 5.64. The number of aromatic nitrogens is 4. The highest BCUT2D eigenvalue weighted by molar-refractivity contribution is 6.35. The molecule has 2 aromatic heterocycles. The van der Waals surface area contributed by atoms with Gasteiger partial charge in [-0.1, -0.05) is 47.5 Å². The lowest BCUT2D eigenvalue weighted by atomic mass is 10.2. The molecule has 0 atom stereocenters. The smallest absolute Gasteiger partial charge is 0.260 e. The fraction of sp³-hybridized carbons (Fsp3) is 0.115. The van der Waals surface area contributed by atoms with E-state index < -0.39 is 5.91 Å². The number of fused-ring (bicyclic) bond motifs is 1. The molecule has 11 nitrogen and oxygen atoms in total. The summed E-state index contributed by atoms with van der Waals surface area (Å²) in [6.07, 6.45) is 1.46. The molecule has 5 rings (SSSR count). The van der Waals surface area contributed by atoms with E-state index in [4.69, 9.17) is 43.0 Å². The first-order valence-corrected chi connectivity index (χ1v) is 12.3. The van der Waals surface area contributed by atoms with Gasteiger partial charge in [0, 0.05) is 21.2 Å². The first-order chi connectivity index (χ1) is 18.9. The van der Waals surface area contributed by atoms with Crippen molar-refractivity contribution in [2.45, 2.75) is 13.2 Å². The number of carbonyl (C=O) groups is 1. The Bertz CT molecular complexity index is 1680. The predicted molar refractivity (Wildman–Crippen MR) is 147 cm³/mol. The number of hydrogen-bond donors (Lipinski definition) is 2. The molecule has 1 amide bonds. The fourth-order valence-electron chi connectivity index (χ4n) is 3.86. The van der Waals surface area contributed by atoms with E-state index in [9.17, 15) is 4.79 Å². The summed E-state index contributed by atoms with van der Waals surface area (Å²) in [5, 5.41) is 12.6. The number of nitrogen functional groups attached to an aromatic ring is 1. The number of nitrogens with zero attached hydrogens (tertiary/aromatic N) is 5. The second-order valence-electron chi connectivity index (χ2n) is 8.20. The van der Waals surface area contributed by atoms with E-state index in [-0.39, 0.29) is 24.7 Å². The average Bonchev–Trinajstić information content (AvgIpc) is 3.51. The third-order valence-electron chi connectivity index (χ3n) is 5.69. The van der Waals surface area contributed by atoms with E-state index in [2.05, 4.69) is 25.8 Å². The molecule has 0 fully saturated rings. The minimum absolute atomic E-state index is 0.0652. The molecule has 3 N–H and O–H groups in total. The van der Waals surface area contributed by atoms with Crippen LogP contribution in [0.15, 0.2) is 70.4 Å². The summed E-state index contributed by atoms with van der Waals surface area (Å²) in [4.78, 5) is 17.4. The quantitative estimate of drug-likeness (QED) is 0.193. The number of nitrogens with one attached hydrogen (secondary N) is 1. The number of hydrazone groups is 1. The number of halogens is 2. The molecule has 5 aromatic rings. The standard InChI is InChI=1S/C26H21Cl2N7O4/c1-37-21-8-4-5-15(24(21)38-14-16-9-10-17(27)11-18(16)28)12-30-32-22(36)13-35-20-7-3-2-6-19(20)31-26(35)23-25(29)34-39-33-23/h2-12H,13-14H2,1H3,(H2,29,34)(H,32,36). The molecule has 3 aromatic carbocycles. The second kappa shape index (κ2) is 11.4. The van der Waals surface area contributed by atoms with Gasteiger partial charge in [0.1, 0.15) is 13.2 Å². The molecular weight excluding hydrogens is 545 g/mol. The predicted octanol–water partition coefficient (Wildman–Crippen LogP) is 4.71. The van der Waals surface area contributed by atoms with E-state index in [1.807, 2.05) is 24.3 Å². The highest BCUT2D eigenvalue weighted by Crippen LogP contribution is 2.32. The Morgan fingerprint density at radius 1 is 1.15 bits per heavy atom. The van der Waals surface area contributed by atoms with E-state index in [0.717, 1.165) is 5.56 Å². The van der Waals surface area contributed by atoms with Crippen molar-refractivity contribution in [3.8, 4) is 23.0 Å². The van der Waals surface area contributed by atoms with E-state index in [0.29, 0.717) is 44.0 Å². The largest absolute Gasteiger partial charge is 0.493 e. The molecule has 0 aliphatic rings. The van der Waals surface area contributed by atoms with E-state index in [1.54, 1.807) is 41.0 Å². The fourth-order valence-corrected chi connectivity index (χ4v) is 4.32. The van der Waals surface area contributed by atoms with Crippen LogP contribution < -0.4 is 20.6 Å². The van der Waals surface area contributed by atoms with Crippen molar-refractivity contribution in [2.75, 3.05) is 12.8 Å². The Morgan fingerprint density at radius 3 is 2.77 bits per heavy atom. The number of amides is 1. The number of ether oxygens (including phenoxy) is 2. The van der Waals surface area contributed by atoms with Crippen molar-refractivity contribution in [1.82, 2.24) is 25.3 Å². The zero-order valence-electron chi connectivity index (χ0n) is 20.5. The molecule has 0 saturated heterocycles. The molecule has 198 valence electrons. The lowest BCUT2D eigenvalue weighted by Gasteiger charge is -2.14. The van der Waals surface area contributed by atoms with Crippen LogP contribution in [0.25, 0.3) is 22.6 Å². The van der Waals surface area contributed by atoms with Gasteiger partial charge in [0.2, 0.25) is 0 Å². The van der Waals surface area contributed by atoms with Crippen LogP contribution in [0.3, 0.4) is 0 Å². The van der Waals surface area contributed by atoms with Gasteiger partial charge in [-0.2, -0.15) is 5.10 Å². The molecule has 13 heteroatoms. The van der Waals surface area contributed by atoms with Crippen molar-refractivity contribution in [3.63, 3.8) is 0 Å². The molecule has 0 spiro atoms. The van der Waals surface area contributed by atoms with Crippen molar-refractivity contribution < 1.29 is 18.9 Å². The minimum Gasteiger partial charge on any atom is -0.493 e. The number of rotatable bonds is 9. The molecule has 0 aliphatic carbocycles. The van der Waals surface area contributed by atoms with Crippen molar-refractivity contribution >= 4 is 52.2 Å². The van der Waals surface area contributed by atoms with Crippen LogP contribution in [-0.4, -0.2) is 39.1 Å². The number of carbonyl (C=O) groups excluding carboxylic acids is 1. The number of imidazole rings is 1. The molecular formula is C26H21Cl2N7O4. The van der Waals surface area contributed by atoms with Crippen molar-refractivity contribution in [2.24, 2.45) is 5.10 Å². The number of hydrogen-bond acceptors (Lipinski definition) is 9. The zero-order valence-corrected chi connectivity index (χ0v) is 22.0. The van der Waals surface area contributed by atoms with Crippen molar-refractivity contribution in [1.29, 1.82) is 0 Å². The van der Waals surface area contributed by atoms with Crippen molar-refractivity contribution in [3.05, 3.63) is 81.8 Å². The number of methoxy groups -OCH3 is 1. The van der Waals surface area contributed by atoms with Crippen LogP contribution in [0.2, 0.25) is 10.0 Å². The Hall–Kier alpha value is -4.61. The average molecular weight is 566 g/mol. The van der Waals surface area contributed by atoms with Crippen LogP contribution in [-0.2, 0) is 17.9 Å². The molecule has 0 unspecified atom stereocenters. The van der Waals surface area contributed by atoms with Crippen LogP contribution in [0.4, 0.5) is 5.82 Å². The van der Waals surface area contributed by atoms with Crippen LogP contribution in [0, 0.1) is 0 Å². The van der Waals surface area contributed by atoms with Gasteiger partial charge < -0.3 is 19.8 Å². The summed E-state index contributed by atoms with van der Waals surface area (Å²) >= 11 is 12.3. The van der Waals surface area contributed by atoms with Gasteiger partial charge in [0.15, 0.2) is 28.8 Å². The molecule has 0 saturated carbocycles. The van der Waals surface area contributed by atoms with E-state index >= 15 is 0 Å². The Balaban J connectivity index is 1.34. The first kappa shape index (κ1) is 26.0. The number of nitrogens with two attached hydrogens (primary N) is 1. The van der Waals surface area contributed by atoms with Gasteiger partial charge >= 0.3 is 0 Å². The maximum Gasteiger partial charge on any atom is 0.260 e. The maximum atomic E-state index is 12.9. The Morgan fingerprint density at radius 2 is 2.00 bits per heavy atom. The topological polar surface area (TPSA) is 143 Å². The van der Waals surface area contributed by atoms with Gasteiger partial charge in [0.05, 0.1) is 24.4 Å². The summed E-state index contributed by atoms with van der Waals surface area (Å²) in [6, 6.07) is 17.8. The highest BCUT2D eigenvalue weighted by atomic mass is 35.5. The van der Waals surface area contributed by atoms with Crippen LogP contribution in [0.1, 0.15) is 11.1 Å². The number of anilines is 1. The van der Waals surface area contributed by atoms with Gasteiger partial charge in [0.25, 0.3) is 5.91 Å². The lowest BCUT2D eigenvalue weighted by Crippen LogP contribution is -2.23. The summed E-state index contributed by atoms with van der Waals surface area (Å²) in [7, 11) is 1.53. The maximum absolute atomic E-state index is 12.9. The summed E-state index contributed by atoms with van der Waals surface area (Å²) < 4.78 is 17.9. The SMILES string of the molecule is COc1cccc(C=NNC(=O)Cn2c(-c3nonc3N)nc3ccccc32)c1OCc1ccc(Cl)cc1Cl. The molecule has 39 heavy (non-hydrogen) atoms. The molecule has 0 radical (unpaired) electrons. The van der Waals surface area contributed by atoms with E-state index in [1.165, 1.54) is 13.3 Å². The third-order valence-corrected chi connectivity index (χ3v) is 6.28. The highest BCUT2D eigenvalue weighted by Gasteiger charge is 2.20. The summed E-state index contributed by atoms with van der Waals surface area (Å²) in [5.41, 5.74) is 11.3. The van der Waals surface area contributed by atoms with Gasteiger partial charge in [-0.15, -0.1) is 0 Å². The first-order valence-electron chi connectivity index (χ1n) is 11.5. The molecule has 0 aliphatic heterocycles. The number of para-hydroxylation sites is 3. The van der Waals surface area contributed by atoms with Gasteiger partial charge in [-0.05, 0) is 46.7 Å². The van der Waals surface area contributed by atoms with Gasteiger partial charge in [-0.25, -0.2) is 15.0 Å². The minimum atomic E-state index is -0.413. The summed E-state index contributed by atoms with van der Waals surface area (Å²) in [6.45, 7) is 0.0517. The Labute approximate surface area is 232 Å². The van der Waals surface area contributed by atoms with Crippen LogP contribution >= 0.6 is 23.2 Å². The monoisotopic (exact) mass is 565 g/mol. The zero-order chi connectivity index (χ0) is 27.4. The summed E-state index contributed by atoms with van der Waals surface area (Å²) in [5.74, 6) is 0.919. The Kier molecular flexibility index (Phi) is 7.62. The second-order valence-corrected chi connectivity index (χ2v) is 9.05. The molecule has 0 bridgehead atoms. The molecule has 2 heterocycles. The van der Waals surface area contributed by atoms with Crippen LogP contribution in [0.5, 0.6) is 11.5 Å². The van der Waals surface area contributed by atoms with Gasteiger partial charge in [-0.3, -0.25) is 4.79 Å². The number of benzene rings is 3.